The smallest absolute Gasteiger partial charge is 0.129 e. The first-order valence-electron chi connectivity index (χ1n) is 6.94. The molecule has 0 fully saturated rings. The number of ketones is 1. The van der Waals surface area contributed by atoms with Gasteiger partial charge >= 0.3 is 0 Å². The molecule has 0 N–H and O–H groups in total. The summed E-state index contributed by atoms with van der Waals surface area (Å²) in [5, 5.41) is 0. The Morgan fingerprint density at radius 3 is 2.67 bits per heavy atom. The van der Waals surface area contributed by atoms with Crippen molar-refractivity contribution in [2.45, 2.75) is 39.0 Å². The third kappa shape index (κ3) is 3.67. The van der Waals surface area contributed by atoms with Crippen LogP contribution in [0.4, 0.5) is 0 Å². The molecule has 1 aliphatic heterocycles. The predicted octanol–water partition coefficient (Wildman–Crippen LogP) is 2.63. The molecule has 0 bridgehead atoms. The largest absolute Gasteiger partial charge is 0.306 e. The van der Waals surface area contributed by atoms with Crippen LogP contribution >= 0.6 is 0 Å². The minimum atomic E-state index is 0.298. The third-order valence-electron chi connectivity index (χ3n) is 3.79. The second-order valence-electron chi connectivity index (χ2n) is 5.46. The van der Waals surface area contributed by atoms with Gasteiger partial charge in [0.05, 0.1) is 0 Å². The van der Waals surface area contributed by atoms with E-state index in [4.69, 9.17) is 0 Å². The van der Waals surface area contributed by atoms with Crippen molar-refractivity contribution in [3.05, 3.63) is 34.9 Å². The molecule has 18 heavy (non-hydrogen) atoms. The number of carbonyl (C=O) groups excluding carboxylic acids is 1. The number of Topliss-reactive ketones (excluding diaryl/α,β-unsaturated/α-hetero) is 1. The van der Waals surface area contributed by atoms with Gasteiger partial charge in [0.1, 0.15) is 5.78 Å². The summed E-state index contributed by atoms with van der Waals surface area (Å²) in [5.74, 6) is 0.298. The molecule has 1 heterocycles. The number of hydrogen-bond acceptors (Lipinski definition) is 2. The molecular formula is C16H23NO. The molecule has 1 aliphatic rings. The van der Waals surface area contributed by atoms with Gasteiger partial charge in [0.2, 0.25) is 0 Å². The first-order valence-corrected chi connectivity index (χ1v) is 6.94. The molecule has 0 aliphatic carbocycles. The summed E-state index contributed by atoms with van der Waals surface area (Å²) in [6, 6.07) is 6.89. The van der Waals surface area contributed by atoms with Gasteiger partial charge in [-0.15, -0.1) is 0 Å². The van der Waals surface area contributed by atoms with Gasteiger partial charge in [-0.25, -0.2) is 0 Å². The Labute approximate surface area is 110 Å². The molecular weight excluding hydrogens is 222 g/mol. The maximum absolute atomic E-state index is 10.9. The van der Waals surface area contributed by atoms with Crippen LogP contribution in [0.25, 0.3) is 0 Å². The summed E-state index contributed by atoms with van der Waals surface area (Å²) in [7, 11) is 2.19. The average molecular weight is 245 g/mol. The molecule has 98 valence electrons. The fourth-order valence-electron chi connectivity index (χ4n) is 2.59. The van der Waals surface area contributed by atoms with Gasteiger partial charge < -0.3 is 9.69 Å². The van der Waals surface area contributed by atoms with Gasteiger partial charge in [0, 0.05) is 19.5 Å². The molecule has 0 saturated carbocycles. The quantitative estimate of drug-likeness (QED) is 0.812. The number of benzene rings is 1. The van der Waals surface area contributed by atoms with Gasteiger partial charge in [-0.2, -0.15) is 0 Å². The fourth-order valence-corrected chi connectivity index (χ4v) is 2.59. The Hall–Kier alpha value is -1.15. The van der Waals surface area contributed by atoms with Crippen LogP contribution in [-0.2, 0) is 24.1 Å². The zero-order valence-corrected chi connectivity index (χ0v) is 11.5. The van der Waals surface area contributed by atoms with E-state index in [1.165, 1.54) is 23.1 Å². The van der Waals surface area contributed by atoms with Crippen molar-refractivity contribution in [3.8, 4) is 0 Å². The van der Waals surface area contributed by atoms with Crippen LogP contribution in [0, 0.1) is 0 Å². The summed E-state index contributed by atoms with van der Waals surface area (Å²) >= 11 is 0. The third-order valence-corrected chi connectivity index (χ3v) is 3.79. The number of aryl methyl sites for hydroxylation is 1. The lowest BCUT2D eigenvalue weighted by Crippen LogP contribution is -2.20. The number of fused-ring (bicyclic) bond motifs is 1. The highest BCUT2D eigenvalue weighted by atomic mass is 16.1. The molecule has 1 aromatic carbocycles. The van der Waals surface area contributed by atoms with Crippen LogP contribution in [0.1, 0.15) is 36.5 Å². The SMILES string of the molecule is CC(=O)CCCc1ccc2c(c1)CCN(C)CC2. The van der Waals surface area contributed by atoms with Crippen molar-refractivity contribution in [2.75, 3.05) is 20.1 Å². The Bertz CT molecular complexity index is 425. The summed E-state index contributed by atoms with van der Waals surface area (Å²) in [6.07, 6.45) is 5.04. The number of nitrogens with zero attached hydrogens (tertiary/aromatic N) is 1. The van der Waals surface area contributed by atoms with Crippen molar-refractivity contribution in [1.82, 2.24) is 4.90 Å². The number of rotatable bonds is 4. The molecule has 0 saturated heterocycles. The van der Waals surface area contributed by atoms with Gasteiger partial charge in [0.15, 0.2) is 0 Å². The van der Waals surface area contributed by atoms with E-state index in [-0.39, 0.29) is 0 Å². The molecule has 2 nitrogen and oxygen atoms in total. The Kier molecular flexibility index (Phi) is 4.54. The Morgan fingerprint density at radius 2 is 1.94 bits per heavy atom. The van der Waals surface area contributed by atoms with E-state index in [1.807, 2.05) is 0 Å². The molecule has 0 atom stereocenters. The highest BCUT2D eigenvalue weighted by molar-refractivity contribution is 5.75. The summed E-state index contributed by atoms with van der Waals surface area (Å²) in [6.45, 7) is 3.99. The van der Waals surface area contributed by atoms with Crippen molar-refractivity contribution < 1.29 is 4.79 Å². The van der Waals surface area contributed by atoms with E-state index in [0.717, 1.165) is 32.4 Å². The van der Waals surface area contributed by atoms with Crippen LogP contribution in [0.5, 0.6) is 0 Å². The standard InChI is InChI=1S/C16H23NO/c1-13(18)4-3-5-14-6-7-15-8-10-17(2)11-9-16(15)12-14/h6-7,12H,3-5,8-11H2,1-2H3. The van der Waals surface area contributed by atoms with E-state index in [9.17, 15) is 4.79 Å². The van der Waals surface area contributed by atoms with Crippen molar-refractivity contribution in [3.63, 3.8) is 0 Å². The fraction of sp³-hybridized carbons (Fsp3) is 0.562. The second-order valence-corrected chi connectivity index (χ2v) is 5.46. The first-order chi connectivity index (χ1) is 8.65. The monoisotopic (exact) mass is 245 g/mol. The second kappa shape index (κ2) is 6.14. The minimum Gasteiger partial charge on any atom is -0.306 e. The van der Waals surface area contributed by atoms with Crippen LogP contribution < -0.4 is 0 Å². The molecule has 0 spiro atoms. The maximum atomic E-state index is 10.9. The van der Waals surface area contributed by atoms with Crippen molar-refractivity contribution >= 4 is 5.78 Å². The highest BCUT2D eigenvalue weighted by Gasteiger charge is 2.11. The molecule has 2 rings (SSSR count). The van der Waals surface area contributed by atoms with E-state index >= 15 is 0 Å². The zero-order chi connectivity index (χ0) is 13.0. The van der Waals surface area contributed by atoms with Gasteiger partial charge in [0.25, 0.3) is 0 Å². The molecule has 0 radical (unpaired) electrons. The molecule has 0 aromatic heterocycles. The van der Waals surface area contributed by atoms with Crippen molar-refractivity contribution in [1.29, 1.82) is 0 Å². The maximum Gasteiger partial charge on any atom is 0.129 e. The van der Waals surface area contributed by atoms with Crippen LogP contribution in [-0.4, -0.2) is 30.8 Å². The average Bonchev–Trinajstić information content (AvgIpc) is 2.51. The summed E-state index contributed by atoms with van der Waals surface area (Å²) < 4.78 is 0. The van der Waals surface area contributed by atoms with E-state index in [2.05, 4.69) is 30.1 Å². The molecule has 0 amide bonds. The van der Waals surface area contributed by atoms with Crippen molar-refractivity contribution in [2.24, 2.45) is 0 Å². The van der Waals surface area contributed by atoms with Gasteiger partial charge in [-0.05, 0) is 56.3 Å². The first kappa shape index (κ1) is 13.3. The van der Waals surface area contributed by atoms with Crippen LogP contribution in [0.3, 0.4) is 0 Å². The normalized spacial score (nSPS) is 16.1. The zero-order valence-electron chi connectivity index (χ0n) is 11.5. The van der Waals surface area contributed by atoms with Gasteiger partial charge in [-0.3, -0.25) is 0 Å². The number of hydrogen-bond donors (Lipinski definition) is 0. The summed E-state index contributed by atoms with van der Waals surface area (Å²) in [5.41, 5.74) is 4.41. The Morgan fingerprint density at radius 1 is 1.22 bits per heavy atom. The predicted molar refractivity (Wildman–Crippen MR) is 75.0 cm³/mol. The minimum absolute atomic E-state index is 0.298. The van der Waals surface area contributed by atoms with E-state index < -0.39 is 0 Å². The van der Waals surface area contributed by atoms with Gasteiger partial charge in [-0.1, -0.05) is 18.2 Å². The number of likely N-dealkylation sites (N-methyl/N-ethyl adjacent to an activating group) is 1. The molecule has 0 unspecified atom stereocenters. The summed E-state index contributed by atoms with van der Waals surface area (Å²) in [4.78, 5) is 13.3. The van der Waals surface area contributed by atoms with E-state index in [1.54, 1.807) is 6.92 Å². The van der Waals surface area contributed by atoms with Crippen LogP contribution in [0.15, 0.2) is 18.2 Å². The number of carbonyl (C=O) groups is 1. The molecule has 2 heteroatoms. The topological polar surface area (TPSA) is 20.3 Å². The van der Waals surface area contributed by atoms with E-state index in [0.29, 0.717) is 12.2 Å². The molecule has 1 aromatic rings. The van der Waals surface area contributed by atoms with Crippen LogP contribution in [0.2, 0.25) is 0 Å². The lowest BCUT2D eigenvalue weighted by molar-refractivity contribution is -0.117. The lowest BCUT2D eigenvalue weighted by atomic mass is 9.97. The Balaban J connectivity index is 2.00. The lowest BCUT2D eigenvalue weighted by Gasteiger charge is -2.10. The highest BCUT2D eigenvalue weighted by Crippen LogP contribution is 2.18.